The van der Waals surface area contributed by atoms with E-state index in [-0.39, 0.29) is 5.54 Å². The number of anilines is 2. The van der Waals surface area contributed by atoms with Crippen molar-refractivity contribution in [3.05, 3.63) is 28.5 Å². The second kappa shape index (κ2) is 6.17. The van der Waals surface area contributed by atoms with Gasteiger partial charge < -0.3 is 10.6 Å². The van der Waals surface area contributed by atoms with Crippen LogP contribution in [-0.2, 0) is 12.0 Å². The van der Waals surface area contributed by atoms with Gasteiger partial charge in [0.05, 0.1) is 5.54 Å². The molecule has 6 heteroatoms. The van der Waals surface area contributed by atoms with E-state index in [1.165, 1.54) is 0 Å². The van der Waals surface area contributed by atoms with Gasteiger partial charge >= 0.3 is 0 Å². The Bertz CT molecular complexity index is 551. The monoisotopic (exact) mass is 291 g/mol. The third-order valence-corrected chi connectivity index (χ3v) is 4.01. The molecule has 0 saturated carbocycles. The van der Waals surface area contributed by atoms with Crippen LogP contribution in [0.2, 0.25) is 0 Å². The molecule has 0 atom stereocenters. The van der Waals surface area contributed by atoms with Crippen molar-refractivity contribution >= 4 is 23.0 Å². The highest BCUT2D eigenvalue weighted by molar-refractivity contribution is 7.09. The van der Waals surface area contributed by atoms with Crippen molar-refractivity contribution in [2.75, 3.05) is 17.7 Å². The first kappa shape index (κ1) is 14.7. The molecular weight excluding hydrogens is 270 g/mol. The molecule has 2 rings (SSSR count). The highest BCUT2D eigenvalue weighted by Crippen LogP contribution is 2.27. The fraction of sp³-hybridized carbons (Fsp3) is 0.500. The number of rotatable bonds is 6. The predicted octanol–water partition coefficient (Wildman–Crippen LogP) is 3.27. The van der Waals surface area contributed by atoms with Crippen molar-refractivity contribution < 1.29 is 0 Å². The van der Waals surface area contributed by atoms with Gasteiger partial charge in [-0.15, -0.1) is 11.3 Å². The van der Waals surface area contributed by atoms with E-state index in [4.69, 9.17) is 0 Å². The van der Waals surface area contributed by atoms with E-state index >= 15 is 0 Å². The Kier molecular flexibility index (Phi) is 4.54. The first-order valence-corrected chi connectivity index (χ1v) is 7.67. The quantitative estimate of drug-likeness (QED) is 0.855. The van der Waals surface area contributed by atoms with Crippen LogP contribution in [0.1, 0.15) is 38.0 Å². The number of aryl methyl sites for hydroxylation is 1. The topological polar surface area (TPSA) is 62.7 Å². The predicted molar refractivity (Wildman–Crippen MR) is 84.3 cm³/mol. The highest BCUT2D eigenvalue weighted by Gasteiger charge is 2.23. The Morgan fingerprint density at radius 3 is 2.60 bits per heavy atom. The summed E-state index contributed by atoms with van der Waals surface area (Å²) >= 11 is 1.64. The number of aromatic nitrogens is 3. The van der Waals surface area contributed by atoms with E-state index in [1.807, 2.05) is 24.7 Å². The van der Waals surface area contributed by atoms with Crippen LogP contribution in [0.4, 0.5) is 11.6 Å². The van der Waals surface area contributed by atoms with E-state index < -0.39 is 0 Å². The van der Waals surface area contributed by atoms with Crippen LogP contribution in [0, 0.1) is 0 Å². The molecule has 2 aromatic heterocycles. The van der Waals surface area contributed by atoms with Gasteiger partial charge in [-0.3, -0.25) is 0 Å². The number of hydrogen-bond donors (Lipinski definition) is 2. The van der Waals surface area contributed by atoms with Crippen molar-refractivity contribution in [1.29, 1.82) is 0 Å². The molecule has 0 aliphatic heterocycles. The average Bonchev–Trinajstić information content (AvgIpc) is 2.93. The zero-order valence-corrected chi connectivity index (χ0v) is 13.2. The van der Waals surface area contributed by atoms with Gasteiger partial charge in [0.25, 0.3) is 0 Å². The summed E-state index contributed by atoms with van der Waals surface area (Å²) in [5, 5.41) is 9.56. The van der Waals surface area contributed by atoms with Gasteiger partial charge in [0.2, 0.25) is 0 Å². The molecule has 0 aromatic carbocycles. The highest BCUT2D eigenvalue weighted by atomic mass is 32.1. The van der Waals surface area contributed by atoms with Crippen LogP contribution in [0.3, 0.4) is 0 Å². The zero-order chi connectivity index (χ0) is 14.6. The summed E-state index contributed by atoms with van der Waals surface area (Å²) in [5.74, 6) is 2.52. The molecule has 0 bridgehead atoms. The lowest BCUT2D eigenvalue weighted by Crippen LogP contribution is -2.28. The maximum atomic E-state index is 4.58. The molecule has 2 aromatic rings. The lowest BCUT2D eigenvalue weighted by Gasteiger charge is -2.25. The summed E-state index contributed by atoms with van der Waals surface area (Å²) in [6.45, 7) is 6.33. The summed E-state index contributed by atoms with van der Waals surface area (Å²) in [5.41, 5.74) is -0.253. The number of thiazole rings is 1. The zero-order valence-electron chi connectivity index (χ0n) is 12.4. The van der Waals surface area contributed by atoms with Crippen LogP contribution in [-0.4, -0.2) is 22.0 Å². The first-order valence-electron chi connectivity index (χ1n) is 6.79. The summed E-state index contributed by atoms with van der Waals surface area (Å²) in [6, 6.07) is 1.93. The minimum atomic E-state index is -0.253. The Morgan fingerprint density at radius 1 is 1.25 bits per heavy atom. The largest absolute Gasteiger partial charge is 0.373 e. The molecule has 2 heterocycles. The molecule has 0 saturated heterocycles. The summed E-state index contributed by atoms with van der Waals surface area (Å²) < 4.78 is 0. The third-order valence-electron chi connectivity index (χ3n) is 2.91. The van der Waals surface area contributed by atoms with E-state index in [0.29, 0.717) is 0 Å². The molecule has 5 nitrogen and oxygen atoms in total. The van der Waals surface area contributed by atoms with Crippen LogP contribution >= 0.6 is 11.3 Å². The Labute approximate surface area is 123 Å². The summed E-state index contributed by atoms with van der Waals surface area (Å²) in [7, 11) is 1.87. The molecular formula is C14H21N5S. The molecule has 0 aliphatic rings. The van der Waals surface area contributed by atoms with Gasteiger partial charge in [-0.2, -0.15) is 0 Å². The molecule has 2 N–H and O–H groups in total. The van der Waals surface area contributed by atoms with Crippen molar-refractivity contribution in [3.8, 4) is 0 Å². The van der Waals surface area contributed by atoms with Gasteiger partial charge in [0, 0.05) is 31.1 Å². The van der Waals surface area contributed by atoms with Crippen molar-refractivity contribution in [1.82, 2.24) is 15.0 Å². The second-order valence-electron chi connectivity index (χ2n) is 5.14. The van der Waals surface area contributed by atoms with E-state index in [1.54, 1.807) is 11.3 Å². The lowest BCUT2D eigenvalue weighted by molar-refractivity contribution is 0.599. The third kappa shape index (κ3) is 3.45. The Balaban J connectivity index is 2.26. The first-order chi connectivity index (χ1) is 9.55. The van der Waals surface area contributed by atoms with Crippen LogP contribution in [0.5, 0.6) is 0 Å². The molecule has 108 valence electrons. The average molecular weight is 291 g/mol. The fourth-order valence-electron chi connectivity index (χ4n) is 1.93. The minimum absolute atomic E-state index is 0.253. The van der Waals surface area contributed by atoms with Crippen LogP contribution in [0.25, 0.3) is 0 Å². The summed E-state index contributed by atoms with van der Waals surface area (Å²) in [4.78, 5) is 13.4. The molecule has 0 unspecified atom stereocenters. The fourth-order valence-corrected chi connectivity index (χ4v) is 2.65. The van der Waals surface area contributed by atoms with Crippen molar-refractivity contribution in [3.63, 3.8) is 0 Å². The smallest absolute Gasteiger partial charge is 0.133 e. The van der Waals surface area contributed by atoms with Gasteiger partial charge in [-0.05, 0) is 20.3 Å². The minimum Gasteiger partial charge on any atom is -0.373 e. The van der Waals surface area contributed by atoms with E-state index in [2.05, 4.69) is 46.4 Å². The molecule has 0 spiro atoms. The summed E-state index contributed by atoms with van der Waals surface area (Å²) in [6.07, 6.45) is 3.73. The van der Waals surface area contributed by atoms with Gasteiger partial charge in [0.15, 0.2) is 0 Å². The van der Waals surface area contributed by atoms with E-state index in [9.17, 15) is 0 Å². The van der Waals surface area contributed by atoms with Gasteiger partial charge in [-0.25, -0.2) is 15.0 Å². The van der Waals surface area contributed by atoms with Crippen LogP contribution < -0.4 is 10.6 Å². The Hall–Kier alpha value is -1.69. The standard InChI is InChI=1S/C14H21N5S/c1-5-6-10-17-11(15-4)9-12(18-10)19-14(2,3)13-16-7-8-20-13/h7-9H,5-6H2,1-4H3,(H2,15,17,18,19). The SMILES string of the molecule is CCCc1nc(NC)cc(NC(C)(C)c2nccs2)n1. The lowest BCUT2D eigenvalue weighted by atomic mass is 10.1. The van der Waals surface area contributed by atoms with Gasteiger partial charge in [-0.1, -0.05) is 6.92 Å². The van der Waals surface area contributed by atoms with Crippen molar-refractivity contribution in [2.45, 2.75) is 39.2 Å². The molecule has 20 heavy (non-hydrogen) atoms. The maximum Gasteiger partial charge on any atom is 0.133 e. The Morgan fingerprint density at radius 2 is 2.00 bits per heavy atom. The van der Waals surface area contributed by atoms with Crippen molar-refractivity contribution in [2.24, 2.45) is 0 Å². The molecule has 0 aliphatic carbocycles. The van der Waals surface area contributed by atoms with Crippen LogP contribution in [0.15, 0.2) is 17.6 Å². The van der Waals surface area contributed by atoms with Gasteiger partial charge in [0.1, 0.15) is 22.5 Å². The molecule has 0 radical (unpaired) electrons. The normalized spacial score (nSPS) is 11.4. The number of hydrogen-bond acceptors (Lipinski definition) is 6. The second-order valence-corrected chi connectivity index (χ2v) is 6.04. The molecule has 0 fully saturated rings. The number of nitrogens with one attached hydrogen (secondary N) is 2. The molecule has 0 amide bonds. The number of nitrogens with zero attached hydrogens (tertiary/aromatic N) is 3. The van der Waals surface area contributed by atoms with E-state index in [0.717, 1.165) is 35.3 Å². The maximum absolute atomic E-state index is 4.58.